The molecule has 0 aliphatic heterocycles. The van der Waals surface area contributed by atoms with Crippen LogP contribution in [0.25, 0.3) is 5.57 Å². The predicted molar refractivity (Wildman–Crippen MR) is 83.6 cm³/mol. The first-order valence-corrected chi connectivity index (χ1v) is 7.45. The molecule has 1 heterocycles. The highest BCUT2D eigenvalue weighted by molar-refractivity contribution is 8.02. The van der Waals surface area contributed by atoms with Crippen LogP contribution in [0, 0.1) is 11.3 Å². The number of hydrogen-bond acceptors (Lipinski definition) is 4. The van der Waals surface area contributed by atoms with Gasteiger partial charge in [-0.25, -0.2) is 0 Å². The number of pyridine rings is 1. The van der Waals surface area contributed by atoms with Crippen LogP contribution in [-0.2, 0) is 6.54 Å². The first kappa shape index (κ1) is 14.2. The van der Waals surface area contributed by atoms with E-state index in [1.165, 1.54) is 17.3 Å². The molecule has 0 spiro atoms. The molecule has 0 saturated carbocycles. The number of hydrogen-bond donors (Lipinski definition) is 1. The lowest BCUT2D eigenvalue weighted by atomic mass is 10.2. The zero-order chi connectivity index (χ0) is 14.2. The molecule has 0 aliphatic rings. The first-order valence-electron chi connectivity index (χ1n) is 6.22. The molecule has 0 bridgehead atoms. The Bertz CT molecular complexity index is 615. The smallest absolute Gasteiger partial charge is 0.107 e. The molecule has 1 aromatic heterocycles. The number of thioether (sulfide) groups is 1. The van der Waals surface area contributed by atoms with Crippen molar-refractivity contribution in [2.45, 2.75) is 6.54 Å². The van der Waals surface area contributed by atoms with Crippen molar-refractivity contribution in [1.29, 1.82) is 5.26 Å². The fourth-order valence-electron chi connectivity index (χ4n) is 1.78. The molecule has 3 nitrogen and oxygen atoms in total. The van der Waals surface area contributed by atoms with Gasteiger partial charge in [-0.05, 0) is 24.0 Å². The summed E-state index contributed by atoms with van der Waals surface area (Å²) in [5, 5.41) is 13.5. The van der Waals surface area contributed by atoms with Gasteiger partial charge in [0, 0.05) is 12.7 Å². The minimum Gasteiger partial charge on any atom is -0.375 e. The maximum atomic E-state index is 9.38. The summed E-state index contributed by atoms with van der Waals surface area (Å²) in [5.74, 6) is 0. The summed E-state index contributed by atoms with van der Waals surface area (Å²) in [4.78, 5) is 4.24. The number of nitriles is 1. The highest BCUT2D eigenvalue weighted by Gasteiger charge is 2.09. The summed E-state index contributed by atoms with van der Waals surface area (Å²) in [6.45, 7) is 0.690. The Morgan fingerprint density at radius 1 is 1.20 bits per heavy atom. The van der Waals surface area contributed by atoms with Crippen LogP contribution in [0.5, 0.6) is 0 Å². The SMILES string of the molecule is CS/C(NCc1ccccc1)=C(/C#N)c1ccccn1. The van der Waals surface area contributed by atoms with Crippen molar-refractivity contribution in [1.82, 2.24) is 10.3 Å². The van der Waals surface area contributed by atoms with Gasteiger partial charge in [0.1, 0.15) is 11.6 Å². The number of allylic oxidation sites excluding steroid dienone is 1. The second-order valence-corrected chi connectivity index (χ2v) is 4.89. The van der Waals surface area contributed by atoms with Gasteiger partial charge in [0.25, 0.3) is 0 Å². The summed E-state index contributed by atoms with van der Waals surface area (Å²) in [6, 6.07) is 17.9. The van der Waals surface area contributed by atoms with Gasteiger partial charge in [0.15, 0.2) is 0 Å². The van der Waals surface area contributed by atoms with Crippen molar-refractivity contribution < 1.29 is 0 Å². The van der Waals surface area contributed by atoms with E-state index >= 15 is 0 Å². The van der Waals surface area contributed by atoms with E-state index in [-0.39, 0.29) is 0 Å². The van der Waals surface area contributed by atoms with Gasteiger partial charge in [-0.1, -0.05) is 36.4 Å². The third kappa shape index (κ3) is 3.62. The van der Waals surface area contributed by atoms with Crippen LogP contribution in [0.15, 0.2) is 59.8 Å². The van der Waals surface area contributed by atoms with Crippen LogP contribution in [-0.4, -0.2) is 11.2 Å². The predicted octanol–water partition coefficient (Wildman–Crippen LogP) is 3.43. The van der Waals surface area contributed by atoms with E-state index in [9.17, 15) is 5.26 Å². The van der Waals surface area contributed by atoms with E-state index in [4.69, 9.17) is 0 Å². The largest absolute Gasteiger partial charge is 0.375 e. The van der Waals surface area contributed by atoms with Gasteiger partial charge in [-0.2, -0.15) is 5.26 Å². The summed E-state index contributed by atoms with van der Waals surface area (Å²) in [5.41, 5.74) is 2.45. The molecule has 0 saturated heterocycles. The lowest BCUT2D eigenvalue weighted by Gasteiger charge is -2.11. The molecule has 2 rings (SSSR count). The second-order valence-electron chi connectivity index (χ2n) is 4.07. The van der Waals surface area contributed by atoms with Crippen molar-refractivity contribution >= 4 is 17.3 Å². The summed E-state index contributed by atoms with van der Waals surface area (Å²) in [7, 11) is 0. The fourth-order valence-corrected chi connectivity index (χ4v) is 2.35. The standard InChI is InChI=1S/C16H15N3S/c1-20-16(19-12-13-7-3-2-4-8-13)14(11-17)15-9-5-6-10-18-15/h2-10,19H,12H2,1H3/b16-14-. The Hall–Kier alpha value is -2.25. The quantitative estimate of drug-likeness (QED) is 0.853. The maximum Gasteiger partial charge on any atom is 0.107 e. The molecule has 0 aliphatic carbocycles. The third-order valence-corrected chi connectivity index (χ3v) is 3.52. The van der Waals surface area contributed by atoms with Crippen molar-refractivity contribution in [3.05, 3.63) is 71.0 Å². The monoisotopic (exact) mass is 281 g/mol. The minimum absolute atomic E-state index is 0.578. The topological polar surface area (TPSA) is 48.7 Å². The molecule has 100 valence electrons. The van der Waals surface area contributed by atoms with Gasteiger partial charge in [0.2, 0.25) is 0 Å². The average Bonchev–Trinajstić information content (AvgIpc) is 2.53. The zero-order valence-electron chi connectivity index (χ0n) is 11.2. The molecular weight excluding hydrogens is 266 g/mol. The van der Waals surface area contributed by atoms with E-state index in [0.717, 1.165) is 5.03 Å². The molecule has 1 N–H and O–H groups in total. The van der Waals surface area contributed by atoms with E-state index in [1.54, 1.807) is 6.20 Å². The van der Waals surface area contributed by atoms with E-state index in [1.807, 2.05) is 42.7 Å². The Balaban J connectivity index is 2.21. The highest BCUT2D eigenvalue weighted by Crippen LogP contribution is 2.21. The molecule has 0 unspecified atom stereocenters. The van der Waals surface area contributed by atoms with Crippen LogP contribution in [0.3, 0.4) is 0 Å². The molecular formula is C16H15N3S. The van der Waals surface area contributed by atoms with Crippen LogP contribution < -0.4 is 5.32 Å². The molecule has 2 aromatic rings. The third-order valence-electron chi connectivity index (χ3n) is 2.76. The van der Waals surface area contributed by atoms with Gasteiger partial charge < -0.3 is 5.32 Å². The number of benzene rings is 1. The zero-order valence-corrected chi connectivity index (χ0v) is 12.0. The van der Waals surface area contributed by atoms with Crippen LogP contribution in [0.1, 0.15) is 11.3 Å². The van der Waals surface area contributed by atoms with E-state index in [2.05, 4.69) is 28.5 Å². The Morgan fingerprint density at radius 2 is 1.95 bits per heavy atom. The normalized spacial score (nSPS) is 11.4. The molecule has 0 radical (unpaired) electrons. The van der Waals surface area contributed by atoms with Crippen LogP contribution in [0.2, 0.25) is 0 Å². The molecule has 0 amide bonds. The average molecular weight is 281 g/mol. The van der Waals surface area contributed by atoms with Gasteiger partial charge >= 0.3 is 0 Å². The second kappa shape index (κ2) is 7.37. The Labute approximate surface area is 123 Å². The van der Waals surface area contributed by atoms with E-state index in [0.29, 0.717) is 17.8 Å². The van der Waals surface area contributed by atoms with Gasteiger partial charge in [-0.3, -0.25) is 4.98 Å². The molecule has 1 aromatic carbocycles. The summed E-state index contributed by atoms with van der Waals surface area (Å²) >= 11 is 1.52. The lowest BCUT2D eigenvalue weighted by molar-refractivity contribution is 0.859. The highest BCUT2D eigenvalue weighted by atomic mass is 32.2. The van der Waals surface area contributed by atoms with Gasteiger partial charge in [0.05, 0.1) is 10.7 Å². The molecule has 0 atom stereocenters. The lowest BCUT2D eigenvalue weighted by Crippen LogP contribution is -2.12. The van der Waals surface area contributed by atoms with Crippen molar-refractivity contribution in [3.63, 3.8) is 0 Å². The van der Waals surface area contributed by atoms with Crippen molar-refractivity contribution in [2.24, 2.45) is 0 Å². The van der Waals surface area contributed by atoms with Crippen LogP contribution in [0.4, 0.5) is 0 Å². The van der Waals surface area contributed by atoms with E-state index < -0.39 is 0 Å². The maximum absolute atomic E-state index is 9.38. The summed E-state index contributed by atoms with van der Waals surface area (Å²) in [6.07, 6.45) is 3.65. The molecule has 0 fully saturated rings. The number of nitrogens with one attached hydrogen (secondary N) is 1. The Morgan fingerprint density at radius 3 is 2.55 bits per heavy atom. The van der Waals surface area contributed by atoms with Crippen molar-refractivity contribution in [3.8, 4) is 6.07 Å². The summed E-state index contributed by atoms with van der Waals surface area (Å²) < 4.78 is 0. The molecule has 4 heteroatoms. The minimum atomic E-state index is 0.578. The number of aromatic nitrogens is 1. The first-order chi connectivity index (χ1) is 9.85. The van der Waals surface area contributed by atoms with Gasteiger partial charge in [-0.15, -0.1) is 11.8 Å². The fraction of sp³-hybridized carbons (Fsp3) is 0.125. The van der Waals surface area contributed by atoms with Crippen molar-refractivity contribution in [2.75, 3.05) is 6.26 Å². The molecule has 20 heavy (non-hydrogen) atoms. The number of rotatable bonds is 5. The number of nitrogens with zero attached hydrogens (tertiary/aromatic N) is 2. The van der Waals surface area contributed by atoms with Crippen LogP contribution >= 0.6 is 11.8 Å². The Kier molecular flexibility index (Phi) is 5.22.